The molecule has 5 nitrogen and oxygen atoms in total. The van der Waals surface area contributed by atoms with Gasteiger partial charge in [-0.3, -0.25) is 9.59 Å². The Morgan fingerprint density at radius 2 is 1.60 bits per heavy atom. The zero-order valence-corrected chi connectivity index (χ0v) is 14.1. The molecule has 0 aromatic heterocycles. The Kier molecular flexibility index (Phi) is 6.02. The van der Waals surface area contributed by atoms with E-state index in [1.807, 2.05) is 0 Å². The molecule has 2 aromatic rings. The van der Waals surface area contributed by atoms with Crippen LogP contribution in [0.3, 0.4) is 0 Å². The maximum Gasteiger partial charge on any atom is 0.573 e. The van der Waals surface area contributed by atoms with Crippen molar-refractivity contribution in [3.05, 3.63) is 58.6 Å². The molecule has 0 aliphatic heterocycles. The fourth-order valence-electron chi connectivity index (χ4n) is 1.81. The Balaban J connectivity index is 1.85. The summed E-state index contributed by atoms with van der Waals surface area (Å²) in [5, 5.41) is 4.97. The van der Waals surface area contributed by atoms with E-state index in [0.29, 0.717) is 5.69 Å². The lowest BCUT2D eigenvalue weighted by molar-refractivity contribution is -0.274. The average Bonchev–Trinajstić information content (AvgIpc) is 2.54. The number of carbonyl (C=O) groups is 2. The van der Waals surface area contributed by atoms with Crippen molar-refractivity contribution in [2.45, 2.75) is 6.36 Å². The first kappa shape index (κ1) is 18.8. The van der Waals surface area contributed by atoms with Crippen molar-refractivity contribution in [3.63, 3.8) is 0 Å². The number of rotatable bonds is 5. The number of hydrogen-bond donors (Lipinski definition) is 2. The Morgan fingerprint density at radius 1 is 1.00 bits per heavy atom. The van der Waals surface area contributed by atoms with Gasteiger partial charge in [0.25, 0.3) is 5.91 Å². The minimum Gasteiger partial charge on any atom is -0.406 e. The van der Waals surface area contributed by atoms with Crippen LogP contribution in [0.4, 0.5) is 18.9 Å². The summed E-state index contributed by atoms with van der Waals surface area (Å²) >= 11 is 3.27. The summed E-state index contributed by atoms with van der Waals surface area (Å²) in [7, 11) is 0. The van der Waals surface area contributed by atoms with Gasteiger partial charge < -0.3 is 15.4 Å². The summed E-state index contributed by atoms with van der Waals surface area (Å²) in [6.45, 7) is -0.282. The molecule has 0 radical (unpaired) electrons. The first-order valence-corrected chi connectivity index (χ1v) is 7.72. The van der Waals surface area contributed by atoms with Gasteiger partial charge in [-0.25, -0.2) is 0 Å². The van der Waals surface area contributed by atoms with Crippen molar-refractivity contribution in [3.8, 4) is 5.75 Å². The van der Waals surface area contributed by atoms with E-state index in [1.54, 1.807) is 24.3 Å². The van der Waals surface area contributed by atoms with Gasteiger partial charge in [0.1, 0.15) is 5.75 Å². The fraction of sp³-hybridized carbons (Fsp3) is 0.125. The highest BCUT2D eigenvalue weighted by atomic mass is 79.9. The second kappa shape index (κ2) is 8.02. The van der Waals surface area contributed by atoms with Crippen LogP contribution in [0.25, 0.3) is 0 Å². The third kappa shape index (κ3) is 6.46. The third-order valence-corrected chi connectivity index (χ3v) is 3.42. The smallest absolute Gasteiger partial charge is 0.406 e. The van der Waals surface area contributed by atoms with Crippen LogP contribution in [0.5, 0.6) is 5.75 Å². The molecular weight excluding hydrogens is 405 g/mol. The molecule has 2 aromatic carbocycles. The zero-order chi connectivity index (χ0) is 18.4. The van der Waals surface area contributed by atoms with Gasteiger partial charge in [-0.15, -0.1) is 13.2 Å². The van der Waals surface area contributed by atoms with E-state index in [1.165, 1.54) is 12.1 Å². The first-order valence-electron chi connectivity index (χ1n) is 6.92. The van der Waals surface area contributed by atoms with Crippen molar-refractivity contribution in [2.24, 2.45) is 0 Å². The van der Waals surface area contributed by atoms with Crippen molar-refractivity contribution >= 4 is 33.4 Å². The quantitative estimate of drug-likeness (QED) is 0.780. The van der Waals surface area contributed by atoms with Crippen LogP contribution < -0.4 is 15.4 Å². The maximum atomic E-state index is 12.1. The molecule has 0 spiro atoms. The normalized spacial score (nSPS) is 10.9. The number of alkyl halides is 3. The predicted molar refractivity (Wildman–Crippen MR) is 88.2 cm³/mol. The van der Waals surface area contributed by atoms with Crippen LogP contribution in [-0.2, 0) is 4.79 Å². The van der Waals surface area contributed by atoms with E-state index in [9.17, 15) is 22.8 Å². The first-order chi connectivity index (χ1) is 11.7. The third-order valence-electron chi connectivity index (χ3n) is 2.89. The lowest BCUT2D eigenvalue weighted by atomic mass is 10.2. The van der Waals surface area contributed by atoms with Crippen LogP contribution >= 0.6 is 15.9 Å². The SMILES string of the molecule is O=C(CNC(=O)c1ccc(OC(F)(F)F)cc1)Nc1ccc(Br)cc1. The predicted octanol–water partition coefficient (Wildman–Crippen LogP) is 3.72. The summed E-state index contributed by atoms with van der Waals surface area (Å²) in [6, 6.07) is 11.2. The number of anilines is 1. The van der Waals surface area contributed by atoms with E-state index in [-0.39, 0.29) is 12.1 Å². The molecule has 9 heteroatoms. The number of ether oxygens (including phenoxy) is 1. The highest BCUT2D eigenvalue weighted by Crippen LogP contribution is 2.22. The largest absolute Gasteiger partial charge is 0.573 e. The molecule has 0 unspecified atom stereocenters. The molecule has 132 valence electrons. The Hall–Kier alpha value is -2.55. The van der Waals surface area contributed by atoms with E-state index in [2.05, 4.69) is 31.3 Å². The summed E-state index contributed by atoms with van der Waals surface area (Å²) in [5.41, 5.74) is 0.669. The number of benzene rings is 2. The highest BCUT2D eigenvalue weighted by molar-refractivity contribution is 9.10. The monoisotopic (exact) mass is 416 g/mol. The molecule has 0 heterocycles. The Morgan fingerprint density at radius 3 is 2.16 bits per heavy atom. The molecule has 2 rings (SSSR count). The highest BCUT2D eigenvalue weighted by Gasteiger charge is 2.31. The van der Waals surface area contributed by atoms with Crippen LogP contribution in [0.1, 0.15) is 10.4 Å². The minimum atomic E-state index is -4.80. The molecule has 0 aliphatic rings. The summed E-state index contributed by atoms with van der Waals surface area (Å²) in [4.78, 5) is 23.6. The van der Waals surface area contributed by atoms with Crippen LogP contribution in [0.2, 0.25) is 0 Å². The van der Waals surface area contributed by atoms with Crippen molar-refractivity contribution in [1.29, 1.82) is 0 Å². The lowest BCUT2D eigenvalue weighted by Crippen LogP contribution is -2.32. The minimum absolute atomic E-state index is 0.103. The van der Waals surface area contributed by atoms with E-state index in [0.717, 1.165) is 16.6 Å². The molecule has 0 fully saturated rings. The number of nitrogens with one attached hydrogen (secondary N) is 2. The van der Waals surface area contributed by atoms with Gasteiger partial charge in [-0.1, -0.05) is 15.9 Å². The number of hydrogen-bond acceptors (Lipinski definition) is 3. The second-order valence-electron chi connectivity index (χ2n) is 4.81. The number of amides is 2. The average molecular weight is 417 g/mol. The molecule has 0 saturated heterocycles. The van der Waals surface area contributed by atoms with Gasteiger partial charge in [-0.2, -0.15) is 0 Å². The van der Waals surface area contributed by atoms with Crippen molar-refractivity contribution < 1.29 is 27.5 Å². The molecular formula is C16H12BrF3N2O3. The Labute approximate surface area is 149 Å². The summed E-state index contributed by atoms with van der Waals surface area (Å²) < 4.78 is 40.8. The summed E-state index contributed by atoms with van der Waals surface area (Å²) in [6.07, 6.45) is -4.80. The lowest BCUT2D eigenvalue weighted by Gasteiger charge is -2.10. The molecule has 0 atom stereocenters. The number of halogens is 4. The Bertz CT molecular complexity index is 747. The second-order valence-corrected chi connectivity index (χ2v) is 5.73. The van der Waals surface area contributed by atoms with Gasteiger partial charge in [0.05, 0.1) is 6.54 Å². The maximum absolute atomic E-state index is 12.1. The topological polar surface area (TPSA) is 67.4 Å². The van der Waals surface area contributed by atoms with E-state index >= 15 is 0 Å². The molecule has 25 heavy (non-hydrogen) atoms. The van der Waals surface area contributed by atoms with Gasteiger partial charge in [0, 0.05) is 15.7 Å². The standard InChI is InChI=1S/C16H12BrF3N2O3/c17-11-3-5-12(6-4-11)22-14(23)9-21-15(24)10-1-7-13(8-2-10)25-16(18,19)20/h1-8H,9H2,(H,21,24)(H,22,23). The van der Waals surface area contributed by atoms with Gasteiger partial charge in [-0.05, 0) is 48.5 Å². The molecule has 2 N–H and O–H groups in total. The molecule has 2 amide bonds. The van der Waals surface area contributed by atoms with E-state index in [4.69, 9.17) is 0 Å². The van der Waals surface area contributed by atoms with Crippen molar-refractivity contribution in [1.82, 2.24) is 5.32 Å². The van der Waals surface area contributed by atoms with Gasteiger partial charge in [0.15, 0.2) is 0 Å². The summed E-state index contributed by atoms with van der Waals surface area (Å²) in [5.74, 6) is -1.46. The zero-order valence-electron chi connectivity index (χ0n) is 12.6. The number of carbonyl (C=O) groups excluding carboxylic acids is 2. The van der Waals surface area contributed by atoms with Crippen LogP contribution in [0, 0.1) is 0 Å². The molecule has 0 aliphatic carbocycles. The molecule has 0 saturated carbocycles. The fourth-order valence-corrected chi connectivity index (χ4v) is 2.07. The van der Waals surface area contributed by atoms with Crippen molar-refractivity contribution in [2.75, 3.05) is 11.9 Å². The van der Waals surface area contributed by atoms with E-state index < -0.39 is 23.9 Å². The van der Waals surface area contributed by atoms with Crippen LogP contribution in [-0.4, -0.2) is 24.7 Å². The van der Waals surface area contributed by atoms with Crippen LogP contribution in [0.15, 0.2) is 53.0 Å². The molecule has 0 bridgehead atoms. The van der Waals surface area contributed by atoms with Gasteiger partial charge >= 0.3 is 6.36 Å². The van der Waals surface area contributed by atoms with Gasteiger partial charge in [0.2, 0.25) is 5.91 Å².